The lowest BCUT2D eigenvalue weighted by molar-refractivity contribution is -0.134. The molecule has 0 aliphatic carbocycles. The molecule has 0 atom stereocenters. The van der Waals surface area contributed by atoms with Crippen LogP contribution in [0.2, 0.25) is 0 Å². The summed E-state index contributed by atoms with van der Waals surface area (Å²) in [6.45, 7) is 6.54. The average Bonchev–Trinajstić information content (AvgIpc) is 2.88. The maximum Gasteiger partial charge on any atom is 0.310 e. The summed E-state index contributed by atoms with van der Waals surface area (Å²) < 4.78 is 11.2. The Bertz CT molecular complexity index is 1180. The summed E-state index contributed by atoms with van der Waals surface area (Å²) in [6.07, 6.45) is 1.13. The molecule has 0 unspecified atom stereocenters. The van der Waals surface area contributed by atoms with Crippen LogP contribution in [0.4, 0.5) is 17.1 Å². The second-order valence-corrected chi connectivity index (χ2v) is 8.57. The van der Waals surface area contributed by atoms with Gasteiger partial charge in [0.1, 0.15) is 11.5 Å². The third kappa shape index (κ3) is 6.51. The number of ether oxygens (including phenoxy) is 2. The third-order valence-electron chi connectivity index (χ3n) is 5.78. The van der Waals surface area contributed by atoms with Crippen molar-refractivity contribution in [1.29, 1.82) is 0 Å². The first-order valence-corrected chi connectivity index (χ1v) is 12.0. The highest BCUT2D eigenvalue weighted by Crippen LogP contribution is 2.35. The summed E-state index contributed by atoms with van der Waals surface area (Å²) in [6, 6.07) is 32.9. The molecule has 0 saturated carbocycles. The summed E-state index contributed by atoms with van der Waals surface area (Å²) >= 11 is 0. The topological polar surface area (TPSA) is 38.8 Å². The zero-order valence-corrected chi connectivity index (χ0v) is 20.5. The summed E-state index contributed by atoms with van der Waals surface area (Å²) in [5.41, 5.74) is 6.89. The van der Waals surface area contributed by atoms with Crippen molar-refractivity contribution >= 4 is 23.0 Å². The molecule has 0 bridgehead atoms. The van der Waals surface area contributed by atoms with Crippen LogP contribution in [0.1, 0.15) is 30.0 Å². The van der Waals surface area contributed by atoms with Crippen molar-refractivity contribution < 1.29 is 14.3 Å². The van der Waals surface area contributed by atoms with E-state index >= 15 is 0 Å². The number of esters is 1. The Kier molecular flexibility index (Phi) is 7.84. The van der Waals surface area contributed by atoms with Gasteiger partial charge < -0.3 is 14.4 Å². The Hall–Kier alpha value is -4.05. The van der Waals surface area contributed by atoms with Gasteiger partial charge in [-0.1, -0.05) is 54.4 Å². The molecule has 4 rings (SSSR count). The SMILES string of the molecule is CCC(=O)Oc1ccc(CCOc2ccc(N(c3ccc(C)cc3)c3ccc(C)cc3)cc2)cc1. The second-order valence-electron chi connectivity index (χ2n) is 8.57. The van der Waals surface area contributed by atoms with Crippen molar-refractivity contribution in [3.63, 3.8) is 0 Å². The summed E-state index contributed by atoms with van der Waals surface area (Å²) in [5.74, 6) is 1.17. The van der Waals surface area contributed by atoms with E-state index in [-0.39, 0.29) is 5.97 Å². The first-order chi connectivity index (χ1) is 17.0. The van der Waals surface area contributed by atoms with Crippen LogP contribution in [-0.2, 0) is 11.2 Å². The Balaban J connectivity index is 1.42. The van der Waals surface area contributed by atoms with E-state index in [1.165, 1.54) is 11.1 Å². The van der Waals surface area contributed by atoms with Gasteiger partial charge >= 0.3 is 5.97 Å². The van der Waals surface area contributed by atoms with E-state index in [9.17, 15) is 4.79 Å². The van der Waals surface area contributed by atoms with Gasteiger partial charge in [0.15, 0.2) is 0 Å². The molecule has 35 heavy (non-hydrogen) atoms. The van der Waals surface area contributed by atoms with E-state index in [1.807, 2.05) is 36.4 Å². The number of hydrogen-bond acceptors (Lipinski definition) is 4. The van der Waals surface area contributed by atoms with Gasteiger partial charge in [-0.05, 0) is 80.1 Å². The molecule has 0 radical (unpaired) electrons. The number of benzene rings is 4. The largest absolute Gasteiger partial charge is 0.493 e. The molecule has 4 aromatic rings. The van der Waals surface area contributed by atoms with Crippen molar-refractivity contribution in [2.75, 3.05) is 11.5 Å². The minimum absolute atomic E-state index is 0.229. The molecule has 0 fully saturated rings. The highest BCUT2D eigenvalue weighted by Gasteiger charge is 2.12. The molecule has 4 nitrogen and oxygen atoms in total. The van der Waals surface area contributed by atoms with Crippen molar-refractivity contribution in [3.8, 4) is 11.5 Å². The van der Waals surface area contributed by atoms with Gasteiger partial charge in [0.2, 0.25) is 0 Å². The van der Waals surface area contributed by atoms with E-state index < -0.39 is 0 Å². The number of hydrogen-bond donors (Lipinski definition) is 0. The van der Waals surface area contributed by atoms with Crippen LogP contribution in [0.25, 0.3) is 0 Å². The summed E-state index contributed by atoms with van der Waals surface area (Å²) in [4.78, 5) is 13.6. The number of nitrogens with zero attached hydrogens (tertiary/aromatic N) is 1. The molecule has 178 valence electrons. The van der Waals surface area contributed by atoms with E-state index in [4.69, 9.17) is 9.47 Å². The van der Waals surface area contributed by atoms with Gasteiger partial charge in [-0.25, -0.2) is 0 Å². The monoisotopic (exact) mass is 465 g/mol. The highest BCUT2D eigenvalue weighted by molar-refractivity contribution is 5.77. The molecule has 0 amide bonds. The molecule has 0 aliphatic heterocycles. The Morgan fingerprint density at radius 3 is 1.60 bits per heavy atom. The number of aryl methyl sites for hydroxylation is 2. The molecule has 0 saturated heterocycles. The minimum atomic E-state index is -0.229. The molecule has 0 N–H and O–H groups in total. The fourth-order valence-electron chi connectivity index (χ4n) is 3.74. The fourth-order valence-corrected chi connectivity index (χ4v) is 3.74. The second kappa shape index (κ2) is 11.4. The van der Waals surface area contributed by atoms with E-state index in [0.29, 0.717) is 18.8 Å². The average molecular weight is 466 g/mol. The van der Waals surface area contributed by atoms with Crippen molar-refractivity contribution in [2.45, 2.75) is 33.6 Å². The van der Waals surface area contributed by atoms with Crippen LogP contribution in [0.5, 0.6) is 11.5 Å². The molecular weight excluding hydrogens is 434 g/mol. The van der Waals surface area contributed by atoms with Gasteiger partial charge in [-0.2, -0.15) is 0 Å². The predicted molar refractivity (Wildman–Crippen MR) is 142 cm³/mol. The summed E-state index contributed by atoms with van der Waals surface area (Å²) in [7, 11) is 0. The quantitative estimate of drug-likeness (QED) is 0.187. The van der Waals surface area contributed by atoms with Gasteiger partial charge in [-0.15, -0.1) is 0 Å². The first-order valence-electron chi connectivity index (χ1n) is 12.0. The first kappa shape index (κ1) is 24.1. The van der Waals surface area contributed by atoms with Gasteiger partial charge in [0.25, 0.3) is 0 Å². The zero-order chi connectivity index (χ0) is 24.6. The number of rotatable bonds is 9. The van der Waals surface area contributed by atoms with Crippen LogP contribution in [0.3, 0.4) is 0 Å². The van der Waals surface area contributed by atoms with Crippen LogP contribution < -0.4 is 14.4 Å². The predicted octanol–water partition coefficient (Wildman–Crippen LogP) is 7.71. The Labute approximate surface area is 207 Å². The lowest BCUT2D eigenvalue weighted by Gasteiger charge is -2.26. The smallest absolute Gasteiger partial charge is 0.310 e. The molecule has 0 aliphatic rings. The van der Waals surface area contributed by atoms with E-state index in [0.717, 1.165) is 34.8 Å². The Morgan fingerprint density at radius 2 is 1.11 bits per heavy atom. The Morgan fingerprint density at radius 1 is 0.657 bits per heavy atom. The fraction of sp³-hybridized carbons (Fsp3) is 0.194. The molecule has 0 spiro atoms. The van der Waals surface area contributed by atoms with Crippen LogP contribution >= 0.6 is 0 Å². The zero-order valence-electron chi connectivity index (χ0n) is 20.5. The van der Waals surface area contributed by atoms with Crippen LogP contribution in [0.15, 0.2) is 97.1 Å². The molecule has 4 heteroatoms. The highest BCUT2D eigenvalue weighted by atomic mass is 16.5. The number of carbonyl (C=O) groups excluding carboxylic acids is 1. The molecule has 0 aromatic heterocycles. The number of carbonyl (C=O) groups is 1. The van der Waals surface area contributed by atoms with E-state index in [2.05, 4.69) is 79.4 Å². The maximum absolute atomic E-state index is 11.4. The van der Waals surface area contributed by atoms with Gasteiger partial charge in [0, 0.05) is 29.9 Å². The maximum atomic E-state index is 11.4. The van der Waals surface area contributed by atoms with Crippen LogP contribution in [0, 0.1) is 13.8 Å². The summed E-state index contributed by atoms with van der Waals surface area (Å²) in [5, 5.41) is 0. The van der Waals surface area contributed by atoms with Crippen molar-refractivity contribution in [3.05, 3.63) is 114 Å². The van der Waals surface area contributed by atoms with Crippen LogP contribution in [-0.4, -0.2) is 12.6 Å². The minimum Gasteiger partial charge on any atom is -0.493 e. The molecular formula is C31H31NO3. The molecule has 0 heterocycles. The lowest BCUT2D eigenvalue weighted by atomic mass is 10.1. The van der Waals surface area contributed by atoms with Crippen molar-refractivity contribution in [2.24, 2.45) is 0 Å². The number of anilines is 3. The normalized spacial score (nSPS) is 10.6. The van der Waals surface area contributed by atoms with Crippen molar-refractivity contribution in [1.82, 2.24) is 0 Å². The van der Waals surface area contributed by atoms with Gasteiger partial charge in [-0.3, -0.25) is 4.79 Å². The van der Waals surface area contributed by atoms with Gasteiger partial charge in [0.05, 0.1) is 6.61 Å². The third-order valence-corrected chi connectivity index (χ3v) is 5.78. The molecule has 4 aromatic carbocycles. The standard InChI is InChI=1S/C31H31NO3/c1-4-31(33)35-30-17-9-25(10-18-30)21-22-34-29-19-15-28(16-20-29)32(26-11-5-23(2)6-12-26)27-13-7-24(3)8-14-27/h5-20H,4,21-22H2,1-3H3. The lowest BCUT2D eigenvalue weighted by Crippen LogP contribution is -2.10. The van der Waals surface area contributed by atoms with E-state index in [1.54, 1.807) is 6.92 Å².